The summed E-state index contributed by atoms with van der Waals surface area (Å²) in [6.45, 7) is 1.98. The van der Waals surface area contributed by atoms with Gasteiger partial charge in [-0.15, -0.1) is 11.3 Å². The van der Waals surface area contributed by atoms with E-state index in [4.69, 9.17) is 27.9 Å². The highest BCUT2D eigenvalue weighted by Crippen LogP contribution is 2.39. The molecule has 1 heterocycles. The van der Waals surface area contributed by atoms with E-state index in [1.807, 2.05) is 6.07 Å². The molecule has 29 heavy (non-hydrogen) atoms. The van der Waals surface area contributed by atoms with Crippen molar-refractivity contribution in [2.24, 2.45) is 0 Å². The summed E-state index contributed by atoms with van der Waals surface area (Å²) in [5.41, 5.74) is 1.72. The molecule has 8 heteroatoms. The van der Waals surface area contributed by atoms with Crippen molar-refractivity contribution >= 4 is 57.5 Å². The van der Waals surface area contributed by atoms with Gasteiger partial charge in [0.25, 0.3) is 5.91 Å². The summed E-state index contributed by atoms with van der Waals surface area (Å²) in [6, 6.07) is 6.68. The number of esters is 1. The summed E-state index contributed by atoms with van der Waals surface area (Å²) in [7, 11) is 0. The molecule has 0 bridgehead atoms. The van der Waals surface area contributed by atoms with Crippen molar-refractivity contribution in [3.8, 4) is 6.07 Å². The first-order chi connectivity index (χ1) is 13.9. The molecule has 0 saturated heterocycles. The number of halogens is 2. The average Bonchev–Trinajstić information content (AvgIpc) is 3.05. The Morgan fingerprint density at radius 3 is 2.76 bits per heavy atom. The van der Waals surface area contributed by atoms with Crippen molar-refractivity contribution in [3.05, 3.63) is 55.4 Å². The van der Waals surface area contributed by atoms with Gasteiger partial charge in [0.05, 0.1) is 12.2 Å². The summed E-state index contributed by atoms with van der Waals surface area (Å²) in [4.78, 5) is 26.3. The molecule has 1 aliphatic carbocycles. The predicted molar refractivity (Wildman–Crippen MR) is 116 cm³/mol. The van der Waals surface area contributed by atoms with Crippen LogP contribution in [-0.4, -0.2) is 18.5 Å². The van der Waals surface area contributed by atoms with Gasteiger partial charge < -0.3 is 10.1 Å². The lowest BCUT2D eigenvalue weighted by Crippen LogP contribution is -2.16. The number of nitrogens with one attached hydrogen (secondary N) is 1. The van der Waals surface area contributed by atoms with E-state index in [1.54, 1.807) is 19.1 Å². The molecule has 5 nitrogen and oxygen atoms in total. The summed E-state index contributed by atoms with van der Waals surface area (Å²) in [5, 5.41) is 13.4. The number of carbonyl (C=O) groups excluding carboxylic acids is 2. The van der Waals surface area contributed by atoms with Gasteiger partial charge in [-0.1, -0.05) is 29.3 Å². The molecular weight excluding hydrogens is 431 g/mol. The van der Waals surface area contributed by atoms with Crippen molar-refractivity contribution < 1.29 is 14.3 Å². The number of hydrogen-bond acceptors (Lipinski definition) is 5. The molecule has 0 spiro atoms. The van der Waals surface area contributed by atoms with E-state index in [0.717, 1.165) is 36.1 Å². The summed E-state index contributed by atoms with van der Waals surface area (Å²) < 4.78 is 5.19. The number of anilines is 1. The Kier molecular flexibility index (Phi) is 6.96. The van der Waals surface area contributed by atoms with Crippen LogP contribution >= 0.6 is 34.5 Å². The zero-order valence-corrected chi connectivity index (χ0v) is 18.0. The number of ether oxygens (including phenoxy) is 1. The number of hydrogen-bond donors (Lipinski definition) is 1. The smallest absolute Gasteiger partial charge is 0.341 e. The quantitative estimate of drug-likeness (QED) is 0.363. The molecular formula is C21H18Cl2N2O3S. The maximum atomic E-state index is 12.8. The van der Waals surface area contributed by atoms with Crippen LogP contribution in [0.2, 0.25) is 10.0 Å². The number of nitriles is 1. The maximum absolute atomic E-state index is 12.8. The van der Waals surface area contributed by atoms with Crippen molar-refractivity contribution in [1.29, 1.82) is 5.26 Å². The largest absolute Gasteiger partial charge is 0.462 e. The highest BCUT2D eigenvalue weighted by molar-refractivity contribution is 7.17. The molecule has 3 rings (SSSR count). The van der Waals surface area contributed by atoms with Gasteiger partial charge in [-0.25, -0.2) is 4.79 Å². The third kappa shape index (κ3) is 4.81. The molecule has 0 atom stereocenters. The number of nitrogens with zero attached hydrogens (tertiary/aromatic N) is 1. The summed E-state index contributed by atoms with van der Waals surface area (Å²) in [5.74, 6) is -1.06. The lowest BCUT2D eigenvalue weighted by Gasteiger charge is -2.12. The van der Waals surface area contributed by atoms with Gasteiger partial charge in [0.15, 0.2) is 0 Å². The Morgan fingerprint density at radius 1 is 1.31 bits per heavy atom. The standard InChI is InChI=1S/C21H18Cl2N2O3S/c1-2-28-21(27)18-15-5-3-4-6-17(15)29-20(18)25-19(26)13(11-24)9-12-7-8-14(22)10-16(12)23/h7-10H,2-6H2,1H3,(H,25,26). The minimum atomic E-state index is -0.609. The number of thiophene rings is 1. The fraction of sp³-hybridized carbons (Fsp3) is 0.286. The van der Waals surface area contributed by atoms with Crippen LogP contribution in [0.3, 0.4) is 0 Å². The number of aryl methyl sites for hydroxylation is 1. The molecule has 1 N–H and O–H groups in total. The van der Waals surface area contributed by atoms with Crippen molar-refractivity contribution in [1.82, 2.24) is 0 Å². The van der Waals surface area contributed by atoms with Gasteiger partial charge in [0.1, 0.15) is 16.6 Å². The first-order valence-corrected chi connectivity index (χ1v) is 10.7. The Bertz CT molecular complexity index is 1040. The molecule has 0 unspecified atom stereocenters. The van der Waals surface area contributed by atoms with E-state index in [1.165, 1.54) is 23.5 Å². The normalized spacial score (nSPS) is 13.4. The number of amides is 1. The van der Waals surface area contributed by atoms with Crippen molar-refractivity contribution in [2.45, 2.75) is 32.6 Å². The van der Waals surface area contributed by atoms with E-state index < -0.39 is 11.9 Å². The van der Waals surface area contributed by atoms with E-state index in [2.05, 4.69) is 5.32 Å². The highest BCUT2D eigenvalue weighted by Gasteiger charge is 2.27. The van der Waals surface area contributed by atoms with Gasteiger partial charge in [-0.3, -0.25) is 4.79 Å². The van der Waals surface area contributed by atoms with Gasteiger partial charge in [-0.2, -0.15) is 5.26 Å². The first kappa shape index (κ1) is 21.4. The van der Waals surface area contributed by atoms with Crippen LogP contribution in [0.4, 0.5) is 5.00 Å². The van der Waals surface area contributed by atoms with Crippen LogP contribution < -0.4 is 5.32 Å². The lowest BCUT2D eigenvalue weighted by atomic mass is 9.95. The van der Waals surface area contributed by atoms with Gasteiger partial charge in [0, 0.05) is 14.9 Å². The number of rotatable bonds is 5. The molecule has 150 valence electrons. The van der Waals surface area contributed by atoms with E-state index in [0.29, 0.717) is 26.2 Å². The Hall–Kier alpha value is -2.33. The Morgan fingerprint density at radius 2 is 2.07 bits per heavy atom. The zero-order chi connectivity index (χ0) is 21.0. The van der Waals surface area contributed by atoms with Crippen LogP contribution in [0, 0.1) is 11.3 Å². The van der Waals surface area contributed by atoms with Crippen LogP contribution in [0.5, 0.6) is 0 Å². The number of fused-ring (bicyclic) bond motifs is 1. The first-order valence-electron chi connectivity index (χ1n) is 9.14. The third-order valence-corrected chi connectivity index (χ3v) is 6.27. The molecule has 0 aliphatic heterocycles. The molecule has 1 amide bonds. The van der Waals surface area contributed by atoms with Crippen LogP contribution in [0.15, 0.2) is 23.8 Å². The Labute approximate surface area is 182 Å². The third-order valence-electron chi connectivity index (χ3n) is 4.51. The second-order valence-corrected chi connectivity index (χ2v) is 8.37. The molecule has 0 fully saturated rings. The van der Waals surface area contributed by atoms with E-state index >= 15 is 0 Å². The summed E-state index contributed by atoms with van der Waals surface area (Å²) >= 11 is 13.4. The van der Waals surface area contributed by atoms with Crippen molar-refractivity contribution in [2.75, 3.05) is 11.9 Å². The summed E-state index contributed by atoms with van der Waals surface area (Å²) in [6.07, 6.45) is 5.07. The molecule has 0 radical (unpaired) electrons. The van der Waals surface area contributed by atoms with E-state index in [9.17, 15) is 14.9 Å². The maximum Gasteiger partial charge on any atom is 0.341 e. The predicted octanol–water partition coefficient (Wildman–Crippen LogP) is 5.66. The molecule has 2 aromatic rings. The van der Waals surface area contributed by atoms with E-state index in [-0.39, 0.29) is 12.2 Å². The highest BCUT2D eigenvalue weighted by atomic mass is 35.5. The second kappa shape index (κ2) is 9.45. The fourth-order valence-electron chi connectivity index (χ4n) is 3.17. The molecule has 0 saturated carbocycles. The minimum absolute atomic E-state index is 0.129. The van der Waals surface area contributed by atoms with Gasteiger partial charge in [0.2, 0.25) is 0 Å². The second-order valence-electron chi connectivity index (χ2n) is 6.43. The molecule has 1 aliphatic rings. The number of carbonyl (C=O) groups is 2. The van der Waals surface area contributed by atoms with Gasteiger partial charge >= 0.3 is 5.97 Å². The SMILES string of the molecule is CCOC(=O)c1c(NC(=O)C(C#N)=Cc2ccc(Cl)cc2Cl)sc2c1CCCC2. The monoisotopic (exact) mass is 448 g/mol. The van der Waals surface area contributed by atoms with Crippen LogP contribution in [0.25, 0.3) is 6.08 Å². The topological polar surface area (TPSA) is 79.2 Å². The van der Waals surface area contributed by atoms with Crippen molar-refractivity contribution in [3.63, 3.8) is 0 Å². The lowest BCUT2D eigenvalue weighted by molar-refractivity contribution is -0.112. The number of benzene rings is 1. The zero-order valence-electron chi connectivity index (χ0n) is 15.7. The average molecular weight is 449 g/mol. The molecule has 1 aromatic heterocycles. The molecule has 1 aromatic carbocycles. The minimum Gasteiger partial charge on any atom is -0.462 e. The van der Waals surface area contributed by atoms with Crippen LogP contribution in [0.1, 0.15) is 46.1 Å². The van der Waals surface area contributed by atoms with Gasteiger partial charge in [-0.05, 0) is 61.9 Å². The Balaban J connectivity index is 1.93. The van der Waals surface area contributed by atoms with Crippen LogP contribution in [-0.2, 0) is 22.4 Å². The fourth-order valence-corrected chi connectivity index (χ4v) is 4.90.